The van der Waals surface area contributed by atoms with Crippen LogP contribution in [0.5, 0.6) is 0 Å². The molecule has 2 N–H and O–H groups in total. The molecule has 4 nitrogen and oxygen atoms in total. The molecule has 0 bridgehead atoms. The summed E-state index contributed by atoms with van der Waals surface area (Å²) in [6.45, 7) is 2.17. The fourth-order valence-corrected chi connectivity index (χ4v) is 2.92. The summed E-state index contributed by atoms with van der Waals surface area (Å²) in [5.41, 5.74) is 5.36. The largest absolute Gasteiger partial charge is 0.396 e. The van der Waals surface area contributed by atoms with E-state index in [9.17, 15) is 8.78 Å². The van der Waals surface area contributed by atoms with Crippen LogP contribution in [0.4, 0.5) is 14.5 Å². The molecule has 0 radical (unpaired) electrons. The van der Waals surface area contributed by atoms with Gasteiger partial charge in [-0.05, 0) is 31.2 Å². The monoisotopic (exact) mass is 293 g/mol. The Kier molecular flexibility index (Phi) is 3.61. The third-order valence-electron chi connectivity index (χ3n) is 4.24. The number of nitrogens with zero attached hydrogens (tertiary/aromatic N) is 2. The zero-order chi connectivity index (χ0) is 15.0. The van der Waals surface area contributed by atoms with Crippen LogP contribution < -0.4 is 5.73 Å². The van der Waals surface area contributed by atoms with Crippen LogP contribution in [0.3, 0.4) is 0 Å². The molecule has 0 aliphatic heterocycles. The highest BCUT2D eigenvalue weighted by Gasteiger charge is 2.29. The fourth-order valence-electron chi connectivity index (χ4n) is 2.92. The summed E-state index contributed by atoms with van der Waals surface area (Å²) in [6.07, 6.45) is 4.35. The molecule has 1 aromatic heterocycles. The normalized spacial score (nSPS) is 21.9. The molecule has 1 heterocycles. The maximum atomic E-state index is 13.8. The van der Waals surface area contributed by atoms with Crippen LogP contribution in [-0.4, -0.2) is 10.1 Å². The van der Waals surface area contributed by atoms with Gasteiger partial charge in [0.25, 0.3) is 5.89 Å². The van der Waals surface area contributed by atoms with Crippen LogP contribution in [-0.2, 0) is 0 Å². The van der Waals surface area contributed by atoms with Crippen LogP contribution in [0.25, 0.3) is 11.5 Å². The van der Waals surface area contributed by atoms with E-state index in [1.165, 1.54) is 6.07 Å². The molecule has 0 amide bonds. The third-order valence-corrected chi connectivity index (χ3v) is 4.24. The first-order valence-corrected chi connectivity index (χ1v) is 7.17. The molecule has 0 saturated heterocycles. The Bertz CT molecular complexity index is 656. The van der Waals surface area contributed by atoms with Crippen LogP contribution in [0.2, 0.25) is 0 Å². The fraction of sp³-hybridized carbons (Fsp3) is 0.467. The standard InChI is InChI=1S/C15H17F2N3O/c1-2-8-3-4-9(5-8)14-19-15(21-20-14)10-6-13(18)12(17)7-11(10)16/h6-9H,2-5,18H2,1H3. The smallest absolute Gasteiger partial charge is 0.260 e. The minimum atomic E-state index is -0.794. The van der Waals surface area contributed by atoms with Gasteiger partial charge in [-0.1, -0.05) is 18.5 Å². The predicted octanol–water partition coefficient (Wildman–Crippen LogP) is 3.89. The number of anilines is 1. The van der Waals surface area contributed by atoms with Crippen LogP contribution in [0.15, 0.2) is 16.7 Å². The Balaban J connectivity index is 1.87. The molecule has 6 heteroatoms. The van der Waals surface area contributed by atoms with E-state index in [-0.39, 0.29) is 23.1 Å². The third kappa shape index (κ3) is 2.62. The van der Waals surface area contributed by atoms with Gasteiger partial charge in [-0.15, -0.1) is 0 Å². The van der Waals surface area contributed by atoms with Crippen molar-refractivity contribution < 1.29 is 13.3 Å². The zero-order valence-electron chi connectivity index (χ0n) is 11.8. The predicted molar refractivity (Wildman–Crippen MR) is 74.4 cm³/mol. The van der Waals surface area contributed by atoms with Crippen molar-refractivity contribution in [3.63, 3.8) is 0 Å². The van der Waals surface area contributed by atoms with Crippen LogP contribution >= 0.6 is 0 Å². The van der Waals surface area contributed by atoms with Crippen molar-refractivity contribution in [2.45, 2.75) is 38.5 Å². The van der Waals surface area contributed by atoms with Gasteiger partial charge in [-0.3, -0.25) is 0 Å². The van der Waals surface area contributed by atoms with Gasteiger partial charge in [0.2, 0.25) is 0 Å². The van der Waals surface area contributed by atoms with Crippen LogP contribution in [0.1, 0.15) is 44.3 Å². The highest BCUT2D eigenvalue weighted by molar-refractivity contribution is 5.61. The van der Waals surface area contributed by atoms with E-state index in [4.69, 9.17) is 10.3 Å². The van der Waals surface area contributed by atoms with Crippen molar-refractivity contribution in [1.82, 2.24) is 10.1 Å². The van der Waals surface area contributed by atoms with Gasteiger partial charge in [0.05, 0.1) is 11.3 Å². The Morgan fingerprint density at radius 3 is 2.81 bits per heavy atom. The maximum Gasteiger partial charge on any atom is 0.260 e. The van der Waals surface area contributed by atoms with Gasteiger partial charge >= 0.3 is 0 Å². The average Bonchev–Trinajstić information content (AvgIpc) is 3.11. The second-order valence-corrected chi connectivity index (χ2v) is 5.60. The molecule has 2 unspecified atom stereocenters. The van der Waals surface area contributed by atoms with Crippen LogP contribution in [0, 0.1) is 17.6 Å². The lowest BCUT2D eigenvalue weighted by atomic mass is 10.0. The molecule has 0 spiro atoms. The average molecular weight is 293 g/mol. The van der Waals surface area contributed by atoms with E-state index in [1.54, 1.807) is 0 Å². The summed E-state index contributed by atoms with van der Waals surface area (Å²) >= 11 is 0. The molecule has 1 aliphatic carbocycles. The maximum absolute atomic E-state index is 13.8. The summed E-state index contributed by atoms with van der Waals surface area (Å²) in [5, 5.41) is 3.95. The van der Waals surface area contributed by atoms with Crippen molar-refractivity contribution in [1.29, 1.82) is 0 Å². The highest BCUT2D eigenvalue weighted by atomic mass is 19.1. The van der Waals surface area contributed by atoms with Gasteiger partial charge in [-0.25, -0.2) is 8.78 Å². The first kappa shape index (κ1) is 14.0. The number of rotatable bonds is 3. The molecule has 21 heavy (non-hydrogen) atoms. The number of nitrogen functional groups attached to an aromatic ring is 1. The summed E-state index contributed by atoms with van der Waals surface area (Å²) in [6, 6.07) is 1.92. The van der Waals surface area contributed by atoms with Crippen molar-refractivity contribution in [2.75, 3.05) is 5.73 Å². The first-order valence-electron chi connectivity index (χ1n) is 7.17. The lowest BCUT2D eigenvalue weighted by Crippen LogP contribution is -1.98. The van der Waals surface area contributed by atoms with E-state index in [0.29, 0.717) is 11.7 Å². The Hall–Kier alpha value is -1.98. The summed E-state index contributed by atoms with van der Waals surface area (Å²) in [5.74, 6) is 0.0492. The molecule has 1 aromatic carbocycles. The van der Waals surface area contributed by atoms with E-state index < -0.39 is 11.6 Å². The lowest BCUT2D eigenvalue weighted by Gasteiger charge is -2.04. The Morgan fingerprint density at radius 2 is 2.10 bits per heavy atom. The number of benzene rings is 1. The Labute approximate surface area is 121 Å². The van der Waals surface area contributed by atoms with Crippen molar-refractivity contribution in [3.05, 3.63) is 29.6 Å². The molecule has 1 fully saturated rings. The quantitative estimate of drug-likeness (QED) is 0.872. The van der Waals surface area contributed by atoms with E-state index >= 15 is 0 Å². The molecule has 3 rings (SSSR count). The molecule has 1 saturated carbocycles. The van der Waals surface area contributed by atoms with E-state index in [1.807, 2.05) is 0 Å². The summed E-state index contributed by atoms with van der Waals surface area (Å²) in [7, 11) is 0. The molecule has 112 valence electrons. The van der Waals surface area contributed by atoms with Gasteiger partial charge < -0.3 is 10.3 Å². The lowest BCUT2D eigenvalue weighted by molar-refractivity contribution is 0.411. The number of hydrogen-bond acceptors (Lipinski definition) is 4. The minimum Gasteiger partial charge on any atom is -0.396 e. The molecule has 1 aliphatic rings. The summed E-state index contributed by atoms with van der Waals surface area (Å²) < 4.78 is 32.1. The highest BCUT2D eigenvalue weighted by Crippen LogP contribution is 2.39. The van der Waals surface area contributed by atoms with E-state index in [0.717, 1.165) is 31.7 Å². The Morgan fingerprint density at radius 1 is 1.29 bits per heavy atom. The molecule has 2 atom stereocenters. The number of nitrogens with two attached hydrogens (primary N) is 1. The number of halogens is 2. The molecular formula is C15H17F2N3O. The second kappa shape index (κ2) is 5.42. The minimum absolute atomic E-state index is 0.0395. The number of hydrogen-bond donors (Lipinski definition) is 1. The van der Waals surface area contributed by atoms with Crippen molar-refractivity contribution in [2.24, 2.45) is 5.92 Å². The first-order chi connectivity index (χ1) is 10.1. The van der Waals surface area contributed by atoms with Crippen molar-refractivity contribution in [3.8, 4) is 11.5 Å². The van der Waals surface area contributed by atoms with Gasteiger partial charge in [0.15, 0.2) is 5.82 Å². The van der Waals surface area contributed by atoms with Gasteiger partial charge in [0, 0.05) is 12.0 Å². The molecule has 2 aromatic rings. The second-order valence-electron chi connectivity index (χ2n) is 5.60. The molecular weight excluding hydrogens is 276 g/mol. The summed E-state index contributed by atoms with van der Waals surface area (Å²) in [4.78, 5) is 4.27. The van der Waals surface area contributed by atoms with Gasteiger partial charge in [0.1, 0.15) is 11.6 Å². The van der Waals surface area contributed by atoms with Crippen molar-refractivity contribution >= 4 is 5.69 Å². The SMILES string of the molecule is CCC1CCC(c2noc(-c3cc(N)c(F)cc3F)n2)C1. The zero-order valence-corrected chi connectivity index (χ0v) is 11.8. The van der Waals surface area contributed by atoms with Gasteiger partial charge in [-0.2, -0.15) is 4.98 Å². The number of aromatic nitrogens is 2. The van der Waals surface area contributed by atoms with E-state index in [2.05, 4.69) is 17.1 Å². The topological polar surface area (TPSA) is 64.9 Å².